The number of aryl methyl sites for hydroxylation is 8. The number of amides is 8. The van der Waals surface area contributed by atoms with Crippen molar-refractivity contribution in [2.45, 2.75) is 84.1 Å². The van der Waals surface area contributed by atoms with E-state index in [1.54, 1.807) is 31.2 Å². The molecule has 0 saturated heterocycles. The summed E-state index contributed by atoms with van der Waals surface area (Å²) in [7, 11) is 12.3. The molecule has 3 aliphatic heterocycles. The molecule has 3 unspecified atom stereocenters. The van der Waals surface area contributed by atoms with Gasteiger partial charge in [0.05, 0.1) is 113 Å². The predicted molar refractivity (Wildman–Crippen MR) is 330 cm³/mol. The highest BCUT2D eigenvalue weighted by Gasteiger charge is 2.21. The highest BCUT2D eigenvalue weighted by Crippen LogP contribution is 2.09. The molecule has 5 aromatic rings. The summed E-state index contributed by atoms with van der Waals surface area (Å²) in [6.07, 6.45) is 53.6. The zero-order chi connectivity index (χ0) is 61.6. The number of nitrogens with one attached hydrogen (secondary N) is 8. The van der Waals surface area contributed by atoms with Gasteiger partial charge in [-0.2, -0.15) is 0 Å². The van der Waals surface area contributed by atoms with E-state index in [1.165, 1.54) is 0 Å². The van der Waals surface area contributed by atoms with Crippen LogP contribution in [0.25, 0.3) is 0 Å². The molecule has 0 saturated carbocycles. The summed E-state index contributed by atoms with van der Waals surface area (Å²) >= 11 is 0. The molecule has 8 rings (SSSR count). The fourth-order valence-corrected chi connectivity index (χ4v) is 8.83. The molecule has 5 aromatic heterocycles. The number of carbonyl (C=O) groups is 4. The molecule has 3 atom stereocenters. The summed E-state index contributed by atoms with van der Waals surface area (Å²) in [6, 6.07) is -0.384. The second kappa shape index (κ2) is 38.2. The second-order valence-electron chi connectivity index (χ2n) is 22.0. The first-order valence-corrected chi connectivity index (χ1v) is 29.8. The molecule has 0 bridgehead atoms. The molecule has 0 aliphatic carbocycles. The van der Waals surface area contributed by atoms with Crippen LogP contribution < -0.4 is 56.2 Å². The van der Waals surface area contributed by atoms with E-state index in [0.717, 1.165) is 104 Å². The van der Waals surface area contributed by atoms with E-state index in [9.17, 15) is 19.2 Å². The molecule has 28 heteroatoms. The van der Waals surface area contributed by atoms with Gasteiger partial charge in [-0.1, -0.05) is 0 Å². The lowest BCUT2D eigenvalue weighted by atomic mass is 10.3. The molecule has 86 heavy (non-hydrogen) atoms. The number of aliphatic imine (C=N–C) groups is 3. The molecule has 8 N–H and O–H groups in total. The SMILES string of the molecule is C[N+]1(CCCNC(=O)NCCC[N+]2(C)C=CN=C2)C=CN=C1.C[N+]1(CCCNC(=O)NCCCn2ccnc2)C=CN=C1.C[n+]1ccn(CCCNC(=O)NCCCn2cc[n+](C)c2)c1.C[n+]1ccn(CCCNC(=O)NCCCn2ccnc2)c1. The molecule has 0 radical (unpaired) electrons. The molecule has 3 aliphatic rings. The lowest BCUT2D eigenvalue weighted by Gasteiger charge is -2.22. The Morgan fingerprint density at radius 3 is 0.837 bits per heavy atom. The van der Waals surface area contributed by atoms with Crippen LogP contribution in [-0.2, 0) is 53.9 Å². The van der Waals surface area contributed by atoms with Crippen LogP contribution in [0.5, 0.6) is 0 Å². The van der Waals surface area contributed by atoms with Crippen molar-refractivity contribution in [3.05, 3.63) is 131 Å². The van der Waals surface area contributed by atoms with Crippen molar-refractivity contribution in [1.82, 2.24) is 75.3 Å². The molecule has 28 nitrogen and oxygen atoms in total. The molecule has 8 amide bonds. The van der Waals surface area contributed by atoms with E-state index in [4.69, 9.17) is 0 Å². The fourth-order valence-electron chi connectivity index (χ4n) is 8.83. The summed E-state index contributed by atoms with van der Waals surface area (Å²) in [5.74, 6) is 0. The second-order valence-corrected chi connectivity index (χ2v) is 22.0. The van der Waals surface area contributed by atoms with Crippen molar-refractivity contribution >= 4 is 43.1 Å². The fraction of sp³-hybridized carbons (Fsp3) is 0.517. The van der Waals surface area contributed by atoms with Crippen LogP contribution in [0, 0.1) is 0 Å². The largest absolute Gasteiger partial charge is 0.338 e. The third-order valence-electron chi connectivity index (χ3n) is 13.8. The lowest BCUT2D eigenvalue weighted by Crippen LogP contribution is -2.41. The van der Waals surface area contributed by atoms with Crippen LogP contribution in [0.1, 0.15) is 51.4 Å². The number of aromatic nitrogens is 10. The minimum absolute atomic E-state index is 0.0869. The van der Waals surface area contributed by atoms with E-state index in [1.807, 2.05) is 163 Å². The van der Waals surface area contributed by atoms with Gasteiger partial charge < -0.3 is 51.7 Å². The highest BCUT2D eigenvalue weighted by molar-refractivity contribution is 5.74. The highest BCUT2D eigenvalue weighted by atomic mass is 16.2. The molecule has 8 heterocycles. The molecule has 0 aromatic carbocycles. The van der Waals surface area contributed by atoms with Gasteiger partial charge in [0, 0.05) is 129 Å². The van der Waals surface area contributed by atoms with E-state index in [0.29, 0.717) is 65.8 Å². The average molecular weight is 1200 g/mol. The monoisotopic (exact) mass is 1190 g/mol. The van der Waals surface area contributed by atoms with Gasteiger partial charge in [-0.05, 0) is 12.8 Å². The molecule has 0 fully saturated rings. The van der Waals surface area contributed by atoms with Gasteiger partial charge in [0.2, 0.25) is 19.0 Å². The van der Waals surface area contributed by atoms with Crippen molar-refractivity contribution in [1.29, 1.82) is 0 Å². The Labute approximate surface area is 507 Å². The van der Waals surface area contributed by atoms with Crippen molar-refractivity contribution < 1.29 is 46.3 Å². The normalized spacial score (nSPS) is 17.4. The van der Waals surface area contributed by atoms with E-state index >= 15 is 0 Å². The Balaban J connectivity index is 0.000000209. The summed E-state index contributed by atoms with van der Waals surface area (Å²) in [5, 5.41) is 23.0. The van der Waals surface area contributed by atoms with Crippen LogP contribution >= 0.6 is 0 Å². The van der Waals surface area contributed by atoms with Crippen molar-refractivity contribution in [2.75, 3.05) is 93.1 Å². The number of carbonyl (C=O) groups excluding carboxylic acids is 4. The standard InChI is InChI=1S/2C15H25N6O.2C14H22N6O/c1-20(11-7-16-13-20)9-3-5-18-15(22)19-6-4-10-21(2)12-8-17-14-21;1-18-9-11-20(13-18)7-3-5-16-15(22)17-6-4-8-21-12-10-19(2)14-21;1-20(11-7-16-13-20)10-3-5-18-14(21)17-4-2-8-19-9-6-15-12-19;1-18-10-11-20(13-18)8-3-5-17-14(21)16-4-2-7-19-9-6-15-12-19/h7-8,11-14H,3-6,9-10H2,1-2H3,(H-,18,19,22);9-14H,3-8H2,1-2H3,(H-,16,17,22);6-7,9,11-13H,2-5,8,10H2,1H3,(H-,17,18,21);6,9-13H,2-5,7-8H2,1H3,(H-,16,17,21)/q2*+1;;/p+4. The van der Waals surface area contributed by atoms with Crippen molar-refractivity contribution in [3.63, 3.8) is 0 Å². The quantitative estimate of drug-likeness (QED) is 0.0181. The Bertz CT molecular complexity index is 2770. The van der Waals surface area contributed by atoms with Gasteiger partial charge >= 0.3 is 24.1 Å². The zero-order valence-electron chi connectivity index (χ0n) is 51.6. The van der Waals surface area contributed by atoms with Gasteiger partial charge in [0.25, 0.3) is 0 Å². The maximum absolute atomic E-state index is 11.7. The Kier molecular flexibility index (Phi) is 30.2. The first kappa shape index (κ1) is 68.0. The van der Waals surface area contributed by atoms with E-state index < -0.39 is 0 Å². The Hall–Kier alpha value is -8.76. The van der Waals surface area contributed by atoms with E-state index in [-0.39, 0.29) is 24.1 Å². The number of urea groups is 4. The van der Waals surface area contributed by atoms with E-state index in [2.05, 4.69) is 102 Å². The van der Waals surface area contributed by atoms with Crippen LogP contribution in [0.2, 0.25) is 0 Å². The predicted octanol–water partition coefficient (Wildman–Crippen LogP) is 1.91. The first-order valence-electron chi connectivity index (χ1n) is 29.8. The smallest absolute Gasteiger partial charge is 0.314 e. The Morgan fingerprint density at radius 1 is 0.372 bits per heavy atom. The summed E-state index contributed by atoms with van der Waals surface area (Å²) in [6.45, 7) is 12.6. The van der Waals surface area contributed by atoms with Gasteiger partial charge in [0.1, 0.15) is 55.8 Å². The zero-order valence-corrected chi connectivity index (χ0v) is 51.6. The van der Waals surface area contributed by atoms with Gasteiger partial charge in [-0.25, -0.2) is 71.5 Å². The van der Waals surface area contributed by atoms with Crippen LogP contribution in [0.4, 0.5) is 19.2 Å². The summed E-state index contributed by atoms with van der Waals surface area (Å²) < 4.78 is 18.4. The minimum Gasteiger partial charge on any atom is -0.338 e. The molecular formula is C58H98N24O4+6. The van der Waals surface area contributed by atoms with Gasteiger partial charge in [0.15, 0.2) is 19.0 Å². The van der Waals surface area contributed by atoms with Crippen LogP contribution in [-0.4, -0.2) is 183 Å². The summed E-state index contributed by atoms with van der Waals surface area (Å²) in [5.41, 5.74) is 0. The number of hydrogen-bond acceptors (Lipinski definition) is 9. The minimum atomic E-state index is -0.103. The molecule has 468 valence electrons. The van der Waals surface area contributed by atoms with Crippen LogP contribution in [0.15, 0.2) is 146 Å². The third kappa shape index (κ3) is 29.7. The number of quaternary nitrogens is 3. The number of nitrogens with zero attached hydrogens (tertiary/aromatic N) is 16. The number of hydrogen-bond donors (Lipinski definition) is 8. The van der Waals surface area contributed by atoms with Crippen molar-refractivity contribution in [3.8, 4) is 0 Å². The molecule has 0 spiro atoms. The number of rotatable bonds is 32. The van der Waals surface area contributed by atoms with Crippen LogP contribution in [0.3, 0.4) is 0 Å². The lowest BCUT2D eigenvalue weighted by molar-refractivity contribution is -0.756. The maximum Gasteiger partial charge on any atom is 0.314 e. The topological polar surface area (TPSA) is 264 Å². The van der Waals surface area contributed by atoms with Gasteiger partial charge in [-0.3, -0.25) is 13.4 Å². The number of imidazole rings is 5. The molecular weight excluding hydrogens is 1100 g/mol. The third-order valence-corrected chi connectivity index (χ3v) is 13.8. The van der Waals surface area contributed by atoms with Crippen molar-refractivity contribution in [2.24, 2.45) is 36.1 Å². The summed E-state index contributed by atoms with van der Waals surface area (Å²) in [4.78, 5) is 66.7. The van der Waals surface area contributed by atoms with Gasteiger partial charge in [-0.15, -0.1) is 0 Å². The first-order chi connectivity index (χ1) is 41.6. The Morgan fingerprint density at radius 2 is 0.628 bits per heavy atom. The average Bonchev–Trinajstić information content (AvgIpc) is 4.50. The maximum atomic E-state index is 11.7.